The van der Waals surface area contributed by atoms with Gasteiger partial charge in [0.05, 0.1) is 11.7 Å². The summed E-state index contributed by atoms with van der Waals surface area (Å²) in [5.41, 5.74) is -0.855. The number of sulfonamides is 1. The average molecular weight is 382 g/mol. The van der Waals surface area contributed by atoms with Gasteiger partial charge in [-0.1, -0.05) is 30.3 Å². The third kappa shape index (κ3) is 4.97. The number of nitrogens with zero attached hydrogens (tertiary/aromatic N) is 1. The Morgan fingerprint density at radius 1 is 1.12 bits per heavy atom. The molecule has 1 aliphatic rings. The fraction of sp³-hybridized carbons (Fsp3) is 0.556. The molecule has 0 aliphatic carbocycles. The van der Waals surface area contributed by atoms with Crippen molar-refractivity contribution in [3.8, 4) is 0 Å². The van der Waals surface area contributed by atoms with Crippen LogP contribution in [0.25, 0.3) is 0 Å². The van der Waals surface area contributed by atoms with Gasteiger partial charge >= 0.3 is 6.09 Å². The van der Waals surface area contributed by atoms with Crippen molar-refractivity contribution in [3.63, 3.8) is 0 Å². The molecule has 1 heterocycles. The van der Waals surface area contributed by atoms with Gasteiger partial charge in [0.2, 0.25) is 15.9 Å². The van der Waals surface area contributed by atoms with Crippen LogP contribution in [0.1, 0.15) is 39.2 Å². The second-order valence-corrected chi connectivity index (χ2v) is 9.37. The molecule has 0 saturated carbocycles. The summed E-state index contributed by atoms with van der Waals surface area (Å²) in [6, 6.07) is 9.08. The van der Waals surface area contributed by atoms with Crippen LogP contribution in [0.4, 0.5) is 4.79 Å². The van der Waals surface area contributed by atoms with E-state index in [2.05, 4.69) is 4.72 Å². The first-order chi connectivity index (χ1) is 11.9. The highest BCUT2D eigenvalue weighted by Gasteiger charge is 2.45. The summed E-state index contributed by atoms with van der Waals surface area (Å²) in [6.45, 7) is 6.00. The molecule has 0 unspecified atom stereocenters. The first-order valence-electron chi connectivity index (χ1n) is 8.49. The maximum Gasteiger partial charge on any atom is 0.410 e. The van der Waals surface area contributed by atoms with Crippen molar-refractivity contribution >= 4 is 22.0 Å². The van der Waals surface area contributed by atoms with Crippen LogP contribution >= 0.6 is 0 Å². The van der Waals surface area contributed by atoms with Crippen molar-refractivity contribution in [1.29, 1.82) is 0 Å². The van der Waals surface area contributed by atoms with Crippen LogP contribution < -0.4 is 4.72 Å². The smallest absolute Gasteiger partial charge is 0.410 e. The second kappa shape index (κ2) is 7.26. The summed E-state index contributed by atoms with van der Waals surface area (Å²) in [4.78, 5) is 26.6. The molecule has 8 heteroatoms. The number of hydrogen-bond donors (Lipinski definition) is 1. The van der Waals surface area contributed by atoms with E-state index in [1.807, 2.05) is 30.3 Å². The number of hydrogen-bond acceptors (Lipinski definition) is 5. The number of nitrogens with one attached hydrogen (secondary N) is 1. The largest absolute Gasteiger partial charge is 0.444 e. The lowest BCUT2D eigenvalue weighted by Crippen LogP contribution is -2.54. The highest BCUT2D eigenvalue weighted by molar-refractivity contribution is 7.89. The normalized spacial score (nSPS) is 17.5. The fourth-order valence-corrected chi connectivity index (χ4v) is 3.60. The van der Waals surface area contributed by atoms with Crippen LogP contribution in [0.5, 0.6) is 0 Å². The third-order valence-corrected chi connectivity index (χ3v) is 4.86. The van der Waals surface area contributed by atoms with Gasteiger partial charge in [-0.15, -0.1) is 0 Å². The van der Waals surface area contributed by atoms with Crippen molar-refractivity contribution < 1.29 is 22.7 Å². The van der Waals surface area contributed by atoms with Gasteiger partial charge in [0.15, 0.2) is 0 Å². The predicted molar refractivity (Wildman–Crippen MR) is 98.1 cm³/mol. The van der Waals surface area contributed by atoms with E-state index in [1.54, 1.807) is 25.7 Å². The lowest BCUT2D eigenvalue weighted by molar-refractivity contribution is -0.126. The molecule has 0 bridgehead atoms. The number of ether oxygens (including phenoxy) is 1. The van der Waals surface area contributed by atoms with Gasteiger partial charge in [-0.25, -0.2) is 13.2 Å². The minimum Gasteiger partial charge on any atom is -0.444 e. The highest BCUT2D eigenvalue weighted by atomic mass is 32.2. The molecule has 1 aliphatic heterocycles. The van der Waals surface area contributed by atoms with E-state index in [-0.39, 0.29) is 0 Å². The number of amides is 2. The first kappa shape index (κ1) is 20.2. The minimum absolute atomic E-state index is 0.307. The van der Waals surface area contributed by atoms with E-state index < -0.39 is 33.0 Å². The molecule has 1 fully saturated rings. The number of likely N-dealkylation sites (tertiary alicyclic amines) is 1. The molecule has 2 rings (SSSR count). The standard InChI is InChI=1S/C18H26N2O5S/c1-17(2,3)25-16(22)20-12-10-18(11-13-20,14-8-6-5-7-9-14)15(21)19-26(4,23)24/h5-9H,10-13H2,1-4H3,(H,19,21). The molecule has 0 atom stereocenters. The van der Waals surface area contributed by atoms with Crippen LogP contribution in [-0.2, 0) is 25.0 Å². The summed E-state index contributed by atoms with van der Waals surface area (Å²) in [5, 5.41) is 0. The Morgan fingerprint density at radius 2 is 1.65 bits per heavy atom. The number of benzene rings is 1. The van der Waals surface area contributed by atoms with Crippen molar-refractivity contribution in [1.82, 2.24) is 9.62 Å². The van der Waals surface area contributed by atoms with Gasteiger partial charge in [0.1, 0.15) is 5.60 Å². The second-order valence-electron chi connectivity index (χ2n) is 7.62. The van der Waals surface area contributed by atoms with Crippen LogP contribution in [-0.4, -0.2) is 50.3 Å². The Labute approximate surface area is 154 Å². The van der Waals surface area contributed by atoms with Crippen molar-refractivity contribution in [3.05, 3.63) is 35.9 Å². The molecule has 0 aromatic heterocycles. The zero-order valence-electron chi connectivity index (χ0n) is 15.6. The van der Waals surface area contributed by atoms with Crippen LogP contribution in [0.2, 0.25) is 0 Å². The third-order valence-electron chi connectivity index (χ3n) is 4.31. The molecular weight excluding hydrogens is 356 g/mol. The maximum atomic E-state index is 12.8. The highest BCUT2D eigenvalue weighted by Crippen LogP contribution is 2.36. The van der Waals surface area contributed by atoms with Crippen LogP contribution in [0.15, 0.2) is 30.3 Å². The molecule has 144 valence electrons. The maximum absolute atomic E-state index is 12.8. The topological polar surface area (TPSA) is 92.8 Å². The number of carbonyl (C=O) groups is 2. The van der Waals surface area contributed by atoms with E-state index in [4.69, 9.17) is 4.74 Å². The molecule has 1 aromatic carbocycles. The lowest BCUT2D eigenvalue weighted by atomic mass is 9.72. The number of rotatable bonds is 3. The van der Waals surface area contributed by atoms with Crippen LogP contribution in [0, 0.1) is 0 Å². The van der Waals surface area contributed by atoms with Crippen molar-refractivity contribution in [2.45, 2.75) is 44.6 Å². The summed E-state index contributed by atoms with van der Waals surface area (Å²) in [7, 11) is -3.68. The molecule has 7 nitrogen and oxygen atoms in total. The Balaban J connectivity index is 2.24. The predicted octanol–water partition coefficient (Wildman–Crippen LogP) is 2.03. The molecule has 0 spiro atoms. The zero-order valence-corrected chi connectivity index (χ0v) is 16.4. The molecule has 1 N–H and O–H groups in total. The summed E-state index contributed by atoms with van der Waals surface area (Å²) in [5.74, 6) is -0.560. The zero-order chi connectivity index (χ0) is 19.6. The Hall–Kier alpha value is -2.09. The van der Waals surface area contributed by atoms with E-state index in [9.17, 15) is 18.0 Å². The first-order valence-corrected chi connectivity index (χ1v) is 10.4. The monoisotopic (exact) mass is 382 g/mol. The van der Waals surface area contributed by atoms with E-state index in [0.29, 0.717) is 25.9 Å². The Morgan fingerprint density at radius 3 is 2.12 bits per heavy atom. The van der Waals surface area contributed by atoms with E-state index in [0.717, 1.165) is 11.8 Å². The van der Waals surface area contributed by atoms with Gasteiger partial charge < -0.3 is 9.64 Å². The molecule has 1 aromatic rings. The van der Waals surface area contributed by atoms with Crippen molar-refractivity contribution in [2.75, 3.05) is 19.3 Å². The summed E-state index contributed by atoms with van der Waals surface area (Å²) >= 11 is 0. The van der Waals surface area contributed by atoms with Gasteiger partial charge in [0.25, 0.3) is 0 Å². The van der Waals surface area contributed by atoms with Crippen LogP contribution in [0.3, 0.4) is 0 Å². The van der Waals surface area contributed by atoms with Gasteiger partial charge in [-0.05, 0) is 39.2 Å². The SMILES string of the molecule is CC(C)(C)OC(=O)N1CCC(C(=O)NS(C)(=O)=O)(c2ccccc2)CC1. The molecule has 26 heavy (non-hydrogen) atoms. The minimum atomic E-state index is -3.68. The fourth-order valence-electron chi connectivity index (χ4n) is 3.07. The average Bonchev–Trinajstić information content (AvgIpc) is 2.52. The number of piperidine rings is 1. The lowest BCUT2D eigenvalue weighted by Gasteiger charge is -2.41. The summed E-state index contributed by atoms with van der Waals surface area (Å²) in [6.07, 6.45) is 1.16. The number of carbonyl (C=O) groups excluding carboxylic acids is 2. The van der Waals surface area contributed by atoms with Gasteiger partial charge in [0, 0.05) is 13.1 Å². The Kier molecular flexibility index (Phi) is 5.65. The van der Waals surface area contributed by atoms with Gasteiger partial charge in [-0.3, -0.25) is 9.52 Å². The van der Waals surface area contributed by atoms with E-state index in [1.165, 1.54) is 0 Å². The van der Waals surface area contributed by atoms with Crippen molar-refractivity contribution in [2.24, 2.45) is 0 Å². The molecular formula is C18H26N2O5S. The van der Waals surface area contributed by atoms with Gasteiger partial charge in [-0.2, -0.15) is 0 Å². The Bertz CT molecular complexity index is 761. The quantitative estimate of drug-likeness (QED) is 0.863. The van der Waals surface area contributed by atoms with E-state index >= 15 is 0 Å². The molecule has 1 saturated heterocycles. The summed E-state index contributed by atoms with van der Waals surface area (Å²) < 4.78 is 30.6. The molecule has 0 radical (unpaired) electrons. The molecule has 2 amide bonds.